The van der Waals surface area contributed by atoms with E-state index in [1.165, 1.54) is 6.26 Å². The predicted molar refractivity (Wildman–Crippen MR) is 85.2 cm³/mol. The van der Waals surface area contributed by atoms with E-state index in [1.807, 2.05) is 18.4 Å². The lowest BCUT2D eigenvalue weighted by Gasteiger charge is -2.21. The van der Waals surface area contributed by atoms with E-state index < -0.39 is 9.84 Å². The van der Waals surface area contributed by atoms with Crippen molar-refractivity contribution in [1.82, 2.24) is 5.32 Å². The van der Waals surface area contributed by atoms with Crippen LogP contribution in [0.3, 0.4) is 0 Å². The lowest BCUT2D eigenvalue weighted by atomic mass is 10.2. The van der Waals surface area contributed by atoms with Gasteiger partial charge >= 0.3 is 0 Å². The van der Waals surface area contributed by atoms with Crippen LogP contribution in [0.1, 0.15) is 12.0 Å². The van der Waals surface area contributed by atoms with Gasteiger partial charge in [-0.05, 0) is 36.9 Å². The van der Waals surface area contributed by atoms with Crippen molar-refractivity contribution in [2.45, 2.75) is 17.9 Å². The molecule has 1 N–H and O–H groups in total. The number of thioether (sulfide) groups is 1. The number of hydrogen-bond acceptors (Lipinski definition) is 6. The van der Waals surface area contributed by atoms with Crippen molar-refractivity contribution in [1.29, 1.82) is 0 Å². The average molecular weight is 331 g/mol. The van der Waals surface area contributed by atoms with Gasteiger partial charge in [-0.2, -0.15) is 0 Å². The van der Waals surface area contributed by atoms with E-state index in [4.69, 9.17) is 9.47 Å². The maximum Gasteiger partial charge on any atom is 0.162 e. The van der Waals surface area contributed by atoms with E-state index in [1.54, 1.807) is 11.8 Å². The van der Waals surface area contributed by atoms with E-state index in [-0.39, 0.29) is 5.75 Å². The molecule has 1 heterocycles. The fraction of sp³-hybridized carbons (Fsp3) is 0.571. The molecule has 1 aliphatic heterocycles. The summed E-state index contributed by atoms with van der Waals surface area (Å²) in [6.45, 7) is 2.53. The molecule has 118 valence electrons. The average Bonchev–Trinajstić information content (AvgIpc) is 2.44. The number of rotatable bonds is 7. The van der Waals surface area contributed by atoms with Gasteiger partial charge in [0, 0.05) is 17.7 Å². The molecule has 0 bridgehead atoms. The summed E-state index contributed by atoms with van der Waals surface area (Å²) >= 11 is 1.66. The normalized spacial score (nSPS) is 14.2. The van der Waals surface area contributed by atoms with Crippen LogP contribution in [0.5, 0.6) is 11.5 Å². The Hall–Kier alpha value is -0.920. The van der Waals surface area contributed by atoms with Crippen LogP contribution in [0, 0.1) is 0 Å². The molecule has 1 aromatic rings. The molecule has 0 unspecified atom stereocenters. The molecular formula is C14H21NO4S2. The molecule has 1 aromatic carbocycles. The minimum absolute atomic E-state index is 0.219. The molecule has 7 heteroatoms. The molecule has 0 fully saturated rings. The van der Waals surface area contributed by atoms with Gasteiger partial charge < -0.3 is 14.8 Å². The van der Waals surface area contributed by atoms with Crippen LogP contribution in [0.15, 0.2) is 17.0 Å². The van der Waals surface area contributed by atoms with Crippen molar-refractivity contribution < 1.29 is 17.9 Å². The van der Waals surface area contributed by atoms with Crippen molar-refractivity contribution >= 4 is 21.6 Å². The van der Waals surface area contributed by atoms with Crippen LogP contribution in [0.25, 0.3) is 0 Å². The summed E-state index contributed by atoms with van der Waals surface area (Å²) in [4.78, 5) is 1.15. The molecule has 0 aromatic heterocycles. The third kappa shape index (κ3) is 5.09. The summed E-state index contributed by atoms with van der Waals surface area (Å²) in [5.41, 5.74) is 1.14. The van der Waals surface area contributed by atoms with E-state index in [9.17, 15) is 8.42 Å². The van der Waals surface area contributed by atoms with Gasteiger partial charge in [-0.15, -0.1) is 11.8 Å². The van der Waals surface area contributed by atoms with Crippen LogP contribution in [0.4, 0.5) is 0 Å². The Labute approximate surface area is 130 Å². The van der Waals surface area contributed by atoms with Crippen molar-refractivity contribution in [2.24, 2.45) is 0 Å². The topological polar surface area (TPSA) is 64.6 Å². The van der Waals surface area contributed by atoms with E-state index in [0.717, 1.165) is 22.0 Å². The largest absolute Gasteiger partial charge is 0.486 e. The highest BCUT2D eigenvalue weighted by Gasteiger charge is 2.15. The minimum Gasteiger partial charge on any atom is -0.486 e. The number of sulfone groups is 1. The Balaban J connectivity index is 1.93. The van der Waals surface area contributed by atoms with Gasteiger partial charge in [-0.25, -0.2) is 8.42 Å². The summed E-state index contributed by atoms with van der Waals surface area (Å²) in [5, 5.41) is 3.28. The Morgan fingerprint density at radius 2 is 1.90 bits per heavy atom. The summed E-state index contributed by atoms with van der Waals surface area (Å²) in [6, 6.07) is 4.01. The Kier molecular flexibility index (Phi) is 5.78. The van der Waals surface area contributed by atoms with Crippen LogP contribution in [0.2, 0.25) is 0 Å². The fourth-order valence-corrected chi connectivity index (χ4v) is 3.41. The summed E-state index contributed by atoms with van der Waals surface area (Å²) < 4.78 is 33.3. The van der Waals surface area contributed by atoms with E-state index in [2.05, 4.69) is 5.32 Å². The first-order chi connectivity index (χ1) is 9.99. The number of hydrogen-bond donors (Lipinski definition) is 1. The van der Waals surface area contributed by atoms with Crippen molar-refractivity contribution in [3.63, 3.8) is 0 Å². The molecule has 0 atom stereocenters. The molecule has 1 aliphatic rings. The molecule has 0 radical (unpaired) electrons. The van der Waals surface area contributed by atoms with Gasteiger partial charge in [0.15, 0.2) is 11.5 Å². The van der Waals surface area contributed by atoms with Crippen molar-refractivity contribution in [2.75, 3.05) is 38.0 Å². The number of ether oxygens (including phenoxy) is 2. The van der Waals surface area contributed by atoms with E-state index in [0.29, 0.717) is 32.7 Å². The SMILES string of the molecule is CSc1cc2c(cc1CNCCCS(C)(=O)=O)OCCO2. The number of nitrogens with one attached hydrogen (secondary N) is 1. The maximum absolute atomic E-state index is 11.1. The maximum atomic E-state index is 11.1. The zero-order valence-corrected chi connectivity index (χ0v) is 14.0. The van der Waals surface area contributed by atoms with Gasteiger partial charge in [0.1, 0.15) is 23.1 Å². The van der Waals surface area contributed by atoms with Crippen LogP contribution in [-0.2, 0) is 16.4 Å². The highest BCUT2D eigenvalue weighted by molar-refractivity contribution is 7.98. The van der Waals surface area contributed by atoms with Crippen LogP contribution >= 0.6 is 11.8 Å². The Morgan fingerprint density at radius 1 is 1.24 bits per heavy atom. The third-order valence-electron chi connectivity index (χ3n) is 3.13. The zero-order valence-electron chi connectivity index (χ0n) is 12.3. The van der Waals surface area contributed by atoms with Crippen molar-refractivity contribution in [3.05, 3.63) is 17.7 Å². The Bertz CT molecular complexity index is 587. The summed E-state index contributed by atoms with van der Waals surface area (Å²) in [6.07, 6.45) is 3.91. The smallest absolute Gasteiger partial charge is 0.162 e. The fourth-order valence-electron chi connectivity index (χ4n) is 2.12. The standard InChI is InChI=1S/C14H21NO4S2/c1-20-14-9-13-12(18-5-6-19-13)8-11(14)10-15-4-3-7-21(2,16)17/h8-9,15H,3-7,10H2,1-2H3. The minimum atomic E-state index is -2.87. The highest BCUT2D eigenvalue weighted by Crippen LogP contribution is 2.36. The van der Waals surface area contributed by atoms with Crippen LogP contribution in [-0.4, -0.2) is 46.4 Å². The van der Waals surface area contributed by atoms with Gasteiger partial charge in [-0.1, -0.05) is 0 Å². The molecule has 2 rings (SSSR count). The molecule has 0 spiro atoms. The lowest BCUT2D eigenvalue weighted by molar-refractivity contribution is 0.171. The van der Waals surface area contributed by atoms with Gasteiger partial charge in [0.25, 0.3) is 0 Å². The third-order valence-corrected chi connectivity index (χ3v) is 4.98. The molecule has 0 amide bonds. The van der Waals surface area contributed by atoms with Crippen LogP contribution < -0.4 is 14.8 Å². The lowest BCUT2D eigenvalue weighted by Crippen LogP contribution is -2.19. The second-order valence-corrected chi connectivity index (χ2v) is 8.08. The van der Waals surface area contributed by atoms with Gasteiger partial charge in [-0.3, -0.25) is 0 Å². The molecule has 5 nitrogen and oxygen atoms in total. The second kappa shape index (κ2) is 7.38. The molecule has 0 saturated heterocycles. The monoisotopic (exact) mass is 331 g/mol. The molecule has 0 aliphatic carbocycles. The quantitative estimate of drug-likeness (QED) is 0.606. The highest BCUT2D eigenvalue weighted by atomic mass is 32.2. The zero-order chi connectivity index (χ0) is 15.3. The first-order valence-corrected chi connectivity index (χ1v) is 10.1. The van der Waals surface area contributed by atoms with Crippen molar-refractivity contribution in [3.8, 4) is 11.5 Å². The van der Waals surface area contributed by atoms with Gasteiger partial charge in [0.05, 0.1) is 5.75 Å². The first-order valence-electron chi connectivity index (χ1n) is 6.84. The Morgan fingerprint density at radius 3 is 2.52 bits per heavy atom. The molecular weight excluding hydrogens is 310 g/mol. The second-order valence-electron chi connectivity index (χ2n) is 4.97. The molecule has 0 saturated carbocycles. The number of fused-ring (bicyclic) bond motifs is 1. The summed E-state index contributed by atoms with van der Waals surface area (Å²) in [5.74, 6) is 1.80. The molecule has 21 heavy (non-hydrogen) atoms. The summed E-state index contributed by atoms with van der Waals surface area (Å²) in [7, 11) is -2.87. The first kappa shape index (κ1) is 16.5. The van der Waals surface area contributed by atoms with Gasteiger partial charge in [0.2, 0.25) is 0 Å². The number of benzene rings is 1. The predicted octanol–water partition coefficient (Wildman–Crippen LogP) is 1.70. The van der Waals surface area contributed by atoms with E-state index >= 15 is 0 Å².